The first kappa shape index (κ1) is 35.0. The number of aromatic nitrogens is 3. The Kier molecular flexibility index (Phi) is 12.0. The van der Waals surface area contributed by atoms with E-state index in [1.807, 2.05) is 4.72 Å². The lowest BCUT2D eigenvalue weighted by Gasteiger charge is -2.19. The molecule has 0 radical (unpaired) electrons. The van der Waals surface area contributed by atoms with Crippen LogP contribution in [0.1, 0.15) is 31.1 Å². The quantitative estimate of drug-likeness (QED) is 0.158. The van der Waals surface area contributed by atoms with Crippen LogP contribution in [0.15, 0.2) is 47.4 Å². The smallest absolute Gasteiger partial charge is 0.332 e. The molecule has 0 aliphatic rings. The van der Waals surface area contributed by atoms with Crippen molar-refractivity contribution in [3.63, 3.8) is 0 Å². The molecule has 0 bridgehead atoms. The topological polar surface area (TPSA) is 203 Å². The molecule has 0 aliphatic carbocycles. The fraction of sp³-hybridized carbons (Fsp3) is 0.370. The van der Waals surface area contributed by atoms with E-state index in [-0.39, 0.29) is 49.6 Å². The summed E-state index contributed by atoms with van der Waals surface area (Å²) in [5.41, 5.74) is 4.48. The van der Waals surface area contributed by atoms with Crippen molar-refractivity contribution in [1.82, 2.24) is 19.5 Å². The van der Waals surface area contributed by atoms with Crippen LogP contribution < -0.4 is 15.8 Å². The average Bonchev–Trinajstić information content (AvgIpc) is 3.30. The molecule has 244 valence electrons. The maximum atomic E-state index is 14.0. The lowest BCUT2D eigenvalue weighted by Crippen LogP contribution is -2.33. The molecule has 2 aromatic carbocycles. The average molecular weight is 655 g/mol. The van der Waals surface area contributed by atoms with Crippen molar-refractivity contribution in [3.05, 3.63) is 59.7 Å². The predicted molar refractivity (Wildman–Crippen MR) is 154 cm³/mol. The first-order valence-corrected chi connectivity index (χ1v) is 14.7. The lowest BCUT2D eigenvalue weighted by atomic mass is 10.2. The number of hydrogen-bond acceptors (Lipinski definition) is 13. The van der Waals surface area contributed by atoms with Crippen molar-refractivity contribution in [1.29, 1.82) is 0 Å². The number of hydrogen-bond donors (Lipinski definition) is 3. The molecule has 0 saturated heterocycles. The third kappa shape index (κ3) is 10.9. The molecule has 1 aromatic heterocycles. The van der Waals surface area contributed by atoms with Crippen molar-refractivity contribution >= 4 is 45.4 Å². The van der Waals surface area contributed by atoms with Crippen LogP contribution in [0.4, 0.5) is 26.4 Å². The van der Waals surface area contributed by atoms with Crippen molar-refractivity contribution in [3.8, 4) is 0 Å². The molecule has 45 heavy (non-hydrogen) atoms. The van der Waals surface area contributed by atoms with Crippen LogP contribution in [-0.4, -0.2) is 86.2 Å². The maximum Gasteiger partial charge on any atom is 0.332 e. The molecule has 3 aromatic rings. The van der Waals surface area contributed by atoms with E-state index in [2.05, 4.69) is 15.4 Å². The van der Waals surface area contributed by atoms with Gasteiger partial charge in [0.05, 0.1) is 31.3 Å². The summed E-state index contributed by atoms with van der Waals surface area (Å²) in [6.07, 6.45) is 0. The second-order valence-electron chi connectivity index (χ2n) is 10.1. The van der Waals surface area contributed by atoms with Crippen molar-refractivity contribution in [2.75, 3.05) is 50.7 Å². The number of carbonyl (C=O) groups excluding carboxylic acids is 3. The van der Waals surface area contributed by atoms with Gasteiger partial charge in [-0.3, -0.25) is 9.59 Å². The van der Waals surface area contributed by atoms with Crippen molar-refractivity contribution in [2.45, 2.75) is 31.3 Å². The fourth-order valence-corrected chi connectivity index (χ4v) is 4.42. The van der Waals surface area contributed by atoms with Gasteiger partial charge in [-0.25, -0.2) is 26.7 Å². The second kappa shape index (κ2) is 15.5. The Morgan fingerprint density at radius 1 is 0.911 bits per heavy atom. The molecule has 0 spiro atoms. The van der Waals surface area contributed by atoms with Crippen LogP contribution in [-0.2, 0) is 38.6 Å². The Bertz CT molecular complexity index is 1590. The number of nitrogens with zero attached hydrogens (tertiary/aromatic N) is 3. The van der Waals surface area contributed by atoms with Crippen molar-refractivity contribution < 1.29 is 50.5 Å². The third-order valence-corrected chi connectivity index (χ3v) is 6.68. The number of esters is 1. The van der Waals surface area contributed by atoms with Gasteiger partial charge in [-0.1, -0.05) is 6.07 Å². The highest BCUT2D eigenvalue weighted by Gasteiger charge is 2.23. The van der Waals surface area contributed by atoms with E-state index >= 15 is 0 Å². The van der Waals surface area contributed by atoms with E-state index in [4.69, 9.17) is 24.7 Å². The number of amides is 1. The molecule has 0 unspecified atom stereocenters. The monoisotopic (exact) mass is 654 g/mol. The highest BCUT2D eigenvalue weighted by Crippen LogP contribution is 2.20. The molecular weight excluding hydrogens is 622 g/mol. The number of benzene rings is 2. The fourth-order valence-electron chi connectivity index (χ4n) is 3.45. The molecular formula is C27H32F2N6O9S. The number of nitrogens with one attached hydrogen (secondary N) is 2. The third-order valence-electron chi connectivity index (χ3n) is 5.29. The van der Waals surface area contributed by atoms with Gasteiger partial charge in [0.25, 0.3) is 21.8 Å². The first-order valence-electron chi connectivity index (χ1n) is 13.3. The van der Waals surface area contributed by atoms with Crippen LogP contribution in [0.3, 0.4) is 0 Å². The van der Waals surface area contributed by atoms with E-state index < -0.39 is 63.2 Å². The Labute approximate surface area is 257 Å². The van der Waals surface area contributed by atoms with Crippen LogP contribution in [0, 0.1) is 11.6 Å². The van der Waals surface area contributed by atoms with Gasteiger partial charge in [-0.05, 0) is 57.2 Å². The minimum Gasteiger partial charge on any atom is -0.458 e. The molecule has 4 N–H and O–H groups in total. The first-order chi connectivity index (χ1) is 21.2. The number of carbonyl (C=O) groups is 3. The van der Waals surface area contributed by atoms with Gasteiger partial charge in [0.2, 0.25) is 11.9 Å². The van der Waals surface area contributed by atoms with Gasteiger partial charge < -0.3 is 30.0 Å². The van der Waals surface area contributed by atoms with Gasteiger partial charge in [-0.15, -0.1) is 5.10 Å². The maximum absolute atomic E-state index is 14.0. The SMILES string of the molecule is CC(C)(C)OC(=O)COCCOCCOCC(=O)NS(=O)(=O)c1ccc(Nc2nc(N)n(C(=O)c3c(F)cccc3F)n2)cc1. The summed E-state index contributed by atoms with van der Waals surface area (Å²) >= 11 is 0. The lowest BCUT2D eigenvalue weighted by molar-refractivity contribution is -0.160. The largest absolute Gasteiger partial charge is 0.458 e. The summed E-state index contributed by atoms with van der Waals surface area (Å²) in [7, 11) is -4.24. The normalized spacial score (nSPS) is 11.7. The van der Waals surface area contributed by atoms with E-state index in [0.29, 0.717) is 4.68 Å². The highest BCUT2D eigenvalue weighted by molar-refractivity contribution is 7.90. The summed E-state index contributed by atoms with van der Waals surface area (Å²) in [5, 5.41) is 6.50. The number of nitrogen functional groups attached to an aromatic ring is 1. The summed E-state index contributed by atoms with van der Waals surface area (Å²) in [5.74, 6) is -5.48. The zero-order valence-corrected chi connectivity index (χ0v) is 25.4. The standard InChI is InChI=1S/C27H32F2N6O9S/c1-27(2,3)44-22(37)16-43-14-12-41-11-13-42-15-21(36)34-45(39,40)18-9-7-17(8-10-18)31-26-32-25(30)35(33-26)24(38)23-19(28)5-4-6-20(23)29/h4-10H,11-16H2,1-3H3,(H,34,36)(H3,30,31,32,33). The van der Waals surface area contributed by atoms with Gasteiger partial charge in [0, 0.05) is 5.69 Å². The van der Waals surface area contributed by atoms with Crippen LogP contribution in [0.25, 0.3) is 0 Å². The summed E-state index contributed by atoms with van der Waals surface area (Å²) in [4.78, 5) is 39.7. The van der Waals surface area contributed by atoms with E-state index in [1.165, 1.54) is 24.3 Å². The highest BCUT2D eigenvalue weighted by atomic mass is 32.2. The number of ether oxygens (including phenoxy) is 4. The zero-order chi connectivity index (χ0) is 33.2. The number of sulfonamides is 1. The van der Waals surface area contributed by atoms with Crippen molar-refractivity contribution in [2.24, 2.45) is 0 Å². The molecule has 18 heteroatoms. The Morgan fingerprint density at radius 3 is 2.09 bits per heavy atom. The Balaban J connectivity index is 1.41. The molecule has 3 rings (SSSR count). The molecule has 1 amide bonds. The number of nitrogens with two attached hydrogens (primary N) is 1. The van der Waals surface area contributed by atoms with Gasteiger partial charge >= 0.3 is 5.97 Å². The second-order valence-corrected chi connectivity index (χ2v) is 11.8. The van der Waals surface area contributed by atoms with Gasteiger partial charge in [0.15, 0.2) is 0 Å². The van der Waals surface area contributed by atoms with Gasteiger partial charge in [-0.2, -0.15) is 9.67 Å². The summed E-state index contributed by atoms with van der Waals surface area (Å²) in [6, 6.07) is 7.90. The molecule has 0 saturated carbocycles. The minimum atomic E-state index is -4.24. The van der Waals surface area contributed by atoms with Crippen LogP contribution >= 0.6 is 0 Å². The van der Waals surface area contributed by atoms with E-state index in [9.17, 15) is 31.6 Å². The minimum absolute atomic E-state index is 0.00492. The molecule has 0 aliphatic heterocycles. The summed E-state index contributed by atoms with van der Waals surface area (Å²) in [6.45, 7) is 4.85. The number of anilines is 3. The molecule has 0 atom stereocenters. The Hall–Kier alpha value is -4.52. The number of halogens is 2. The Morgan fingerprint density at radius 2 is 1.49 bits per heavy atom. The molecule has 15 nitrogen and oxygen atoms in total. The molecule has 1 heterocycles. The predicted octanol–water partition coefficient (Wildman–Crippen LogP) is 1.77. The number of rotatable bonds is 15. The van der Waals surface area contributed by atoms with Crippen LogP contribution in [0.2, 0.25) is 0 Å². The summed E-state index contributed by atoms with van der Waals surface area (Å²) < 4.78 is 76.1. The van der Waals surface area contributed by atoms with Crippen LogP contribution in [0.5, 0.6) is 0 Å². The van der Waals surface area contributed by atoms with E-state index in [1.54, 1.807) is 20.8 Å². The van der Waals surface area contributed by atoms with E-state index in [0.717, 1.165) is 18.2 Å². The molecule has 0 fully saturated rings. The zero-order valence-electron chi connectivity index (χ0n) is 24.5. The van der Waals surface area contributed by atoms with Gasteiger partial charge in [0.1, 0.15) is 36.0 Å².